The molecule has 228 valence electrons. The predicted octanol–water partition coefficient (Wildman–Crippen LogP) is 5.86. The van der Waals surface area contributed by atoms with Gasteiger partial charge in [0.1, 0.15) is 11.3 Å². The molecular formula is C36H34F2N6O. The molecule has 9 heteroatoms. The molecule has 1 amide bonds. The monoisotopic (exact) mass is 604 g/mol. The molecule has 1 N–H and O–H groups in total. The minimum atomic E-state index is -0.463. The first-order valence-corrected chi connectivity index (χ1v) is 15.7. The summed E-state index contributed by atoms with van der Waals surface area (Å²) in [5, 5.41) is 16.3. The van der Waals surface area contributed by atoms with Crippen LogP contribution < -0.4 is 5.32 Å². The molecule has 45 heavy (non-hydrogen) atoms. The Labute approximate surface area is 260 Å². The molecular weight excluding hydrogens is 570 g/mol. The number of rotatable bonds is 6. The molecule has 1 saturated carbocycles. The van der Waals surface area contributed by atoms with Crippen LogP contribution in [-0.4, -0.2) is 64.5 Å². The zero-order chi connectivity index (χ0) is 31.0. The van der Waals surface area contributed by atoms with Crippen LogP contribution in [0.2, 0.25) is 0 Å². The molecule has 7 nitrogen and oxygen atoms in total. The van der Waals surface area contributed by atoms with E-state index < -0.39 is 11.6 Å². The van der Waals surface area contributed by atoms with Crippen LogP contribution >= 0.6 is 0 Å². The second-order valence-electron chi connectivity index (χ2n) is 13.0. The molecule has 2 aromatic heterocycles. The summed E-state index contributed by atoms with van der Waals surface area (Å²) in [6, 6.07) is 14.9. The Balaban J connectivity index is 1.39. The molecule has 2 bridgehead atoms. The van der Waals surface area contributed by atoms with Gasteiger partial charge in [-0.15, -0.1) is 0 Å². The lowest BCUT2D eigenvalue weighted by molar-refractivity contribution is -0.136. The van der Waals surface area contributed by atoms with Gasteiger partial charge in [-0.25, -0.2) is 8.78 Å². The van der Waals surface area contributed by atoms with Gasteiger partial charge in [-0.1, -0.05) is 24.3 Å². The zero-order valence-corrected chi connectivity index (χ0v) is 25.4. The summed E-state index contributed by atoms with van der Waals surface area (Å²) >= 11 is 0. The lowest BCUT2D eigenvalue weighted by Crippen LogP contribution is -2.49. The number of carbonyl (C=O) groups excluding carboxylic acids is 1. The number of hydrogen-bond acceptors (Lipinski definition) is 5. The Morgan fingerprint density at radius 3 is 2.73 bits per heavy atom. The summed E-state index contributed by atoms with van der Waals surface area (Å²) in [5.74, 6) is -0.283. The van der Waals surface area contributed by atoms with Crippen molar-refractivity contribution in [2.75, 3.05) is 33.2 Å². The quantitative estimate of drug-likeness (QED) is 0.263. The van der Waals surface area contributed by atoms with Gasteiger partial charge in [0, 0.05) is 60.3 Å². The largest absolute Gasteiger partial charge is 0.337 e. The van der Waals surface area contributed by atoms with Crippen LogP contribution in [0.4, 0.5) is 8.78 Å². The molecule has 9 rings (SSSR count). The molecule has 3 aliphatic heterocycles. The highest BCUT2D eigenvalue weighted by Gasteiger charge is 2.49. The van der Waals surface area contributed by atoms with Crippen LogP contribution in [0, 0.1) is 35.8 Å². The third-order valence-electron chi connectivity index (χ3n) is 10.4. The van der Waals surface area contributed by atoms with Crippen molar-refractivity contribution in [3.63, 3.8) is 0 Å². The highest BCUT2D eigenvalue weighted by atomic mass is 19.1. The van der Waals surface area contributed by atoms with E-state index in [-0.39, 0.29) is 23.9 Å². The number of nitrogens with zero attached hydrogens (tertiary/aromatic N) is 5. The van der Waals surface area contributed by atoms with Gasteiger partial charge in [-0.05, 0) is 78.4 Å². The highest BCUT2D eigenvalue weighted by Crippen LogP contribution is 2.49. The van der Waals surface area contributed by atoms with Gasteiger partial charge >= 0.3 is 0 Å². The van der Waals surface area contributed by atoms with E-state index >= 15 is 4.39 Å². The number of hydrogen-bond donors (Lipinski definition) is 1. The molecule has 4 fully saturated rings. The summed E-state index contributed by atoms with van der Waals surface area (Å²) in [5.41, 5.74) is 4.98. The van der Waals surface area contributed by atoms with Crippen LogP contribution in [0.3, 0.4) is 0 Å². The molecule has 3 atom stereocenters. The summed E-state index contributed by atoms with van der Waals surface area (Å²) < 4.78 is 33.9. The number of piperazine rings is 1. The second kappa shape index (κ2) is 10.6. The number of likely N-dealkylation sites (N-methyl/N-ethyl adjacent to an activating group) is 1. The smallest absolute Gasteiger partial charge is 0.237 e. The Morgan fingerprint density at radius 1 is 1.11 bits per heavy atom. The maximum Gasteiger partial charge on any atom is 0.237 e. The Kier molecular flexibility index (Phi) is 6.63. The Bertz CT molecular complexity index is 2070. The summed E-state index contributed by atoms with van der Waals surface area (Å²) in [4.78, 5) is 21.8. The van der Waals surface area contributed by atoms with Crippen LogP contribution in [-0.2, 0) is 17.8 Å². The number of nitrogens with one attached hydrogen (secondary N) is 1. The number of amides is 1. The van der Waals surface area contributed by atoms with Gasteiger partial charge in [0.05, 0.1) is 30.7 Å². The van der Waals surface area contributed by atoms with Crippen molar-refractivity contribution in [1.82, 2.24) is 24.7 Å². The van der Waals surface area contributed by atoms with Crippen molar-refractivity contribution in [1.29, 1.82) is 5.26 Å². The molecule has 0 unspecified atom stereocenters. The molecule has 5 aromatic rings. The average Bonchev–Trinajstić information content (AvgIpc) is 3.74. The fourth-order valence-electron chi connectivity index (χ4n) is 8.02. The SMILES string of the molecule is Cc1c(CN2CCN(C)CC2=O)n([C@H]2[C@H]3CN[C@@H]2C3)c2c1cnc1c(F)c(-c3cccc4ccc(F)cc34)c(CCC#N)cc12. The second-order valence-corrected chi connectivity index (χ2v) is 13.0. The molecule has 3 saturated heterocycles. The molecule has 4 aliphatic rings. The number of nitriles is 1. The van der Waals surface area contributed by atoms with E-state index in [9.17, 15) is 14.4 Å². The molecule has 5 heterocycles. The Hall–Kier alpha value is -4.39. The number of fused-ring (bicyclic) bond motifs is 5. The van der Waals surface area contributed by atoms with Gasteiger partial charge in [-0.2, -0.15) is 5.26 Å². The number of benzene rings is 3. The van der Waals surface area contributed by atoms with Gasteiger partial charge < -0.3 is 14.8 Å². The van der Waals surface area contributed by atoms with E-state index in [0.717, 1.165) is 47.1 Å². The highest BCUT2D eigenvalue weighted by molar-refractivity contribution is 6.09. The van der Waals surface area contributed by atoms with Crippen LogP contribution in [0.15, 0.2) is 48.7 Å². The van der Waals surface area contributed by atoms with Crippen LogP contribution in [0.25, 0.3) is 43.7 Å². The van der Waals surface area contributed by atoms with Crippen molar-refractivity contribution >= 4 is 38.5 Å². The lowest BCUT2D eigenvalue weighted by atomic mass is 9.79. The van der Waals surface area contributed by atoms with Crippen LogP contribution in [0.5, 0.6) is 0 Å². The summed E-state index contributed by atoms with van der Waals surface area (Å²) in [6.07, 6.45) is 3.44. The third-order valence-corrected chi connectivity index (χ3v) is 10.4. The number of aryl methyl sites for hydroxylation is 2. The van der Waals surface area contributed by atoms with Gasteiger partial charge in [0.2, 0.25) is 5.91 Å². The van der Waals surface area contributed by atoms with Crippen molar-refractivity contribution in [3.05, 3.63) is 77.1 Å². The van der Waals surface area contributed by atoms with Crippen molar-refractivity contribution in [2.45, 2.75) is 44.8 Å². The molecule has 1 aliphatic carbocycles. The van der Waals surface area contributed by atoms with Gasteiger partial charge in [0.25, 0.3) is 0 Å². The van der Waals surface area contributed by atoms with E-state index in [1.165, 1.54) is 12.1 Å². The van der Waals surface area contributed by atoms with Crippen molar-refractivity contribution in [3.8, 4) is 17.2 Å². The summed E-state index contributed by atoms with van der Waals surface area (Å²) in [7, 11) is 1.97. The first-order valence-electron chi connectivity index (χ1n) is 15.7. The molecule has 0 spiro atoms. The minimum absolute atomic E-state index is 0.110. The third kappa shape index (κ3) is 4.34. The van der Waals surface area contributed by atoms with Crippen molar-refractivity contribution < 1.29 is 13.6 Å². The van der Waals surface area contributed by atoms with E-state index in [2.05, 4.69) is 22.9 Å². The fraction of sp³-hybridized carbons (Fsp3) is 0.361. The number of pyridine rings is 1. The van der Waals surface area contributed by atoms with E-state index in [4.69, 9.17) is 4.98 Å². The topological polar surface area (TPSA) is 77.2 Å². The van der Waals surface area contributed by atoms with E-state index in [1.807, 2.05) is 41.1 Å². The van der Waals surface area contributed by atoms with Gasteiger partial charge in [-0.3, -0.25) is 14.7 Å². The number of aromatic nitrogens is 2. The zero-order valence-electron chi connectivity index (χ0n) is 25.4. The maximum absolute atomic E-state index is 17.0. The van der Waals surface area contributed by atoms with Gasteiger partial charge in [0.15, 0.2) is 5.82 Å². The van der Waals surface area contributed by atoms with E-state index in [0.29, 0.717) is 65.5 Å². The normalized spacial score (nSPS) is 21.6. The fourth-order valence-corrected chi connectivity index (χ4v) is 8.02. The van der Waals surface area contributed by atoms with Crippen molar-refractivity contribution in [2.24, 2.45) is 5.92 Å². The average molecular weight is 605 g/mol. The number of halogens is 2. The lowest BCUT2D eigenvalue weighted by Gasteiger charge is -2.39. The summed E-state index contributed by atoms with van der Waals surface area (Å²) in [6.45, 7) is 5.39. The minimum Gasteiger partial charge on any atom is -0.337 e. The number of carbonyl (C=O) groups is 1. The predicted molar refractivity (Wildman–Crippen MR) is 171 cm³/mol. The Morgan fingerprint density at radius 2 is 1.98 bits per heavy atom. The molecule has 0 radical (unpaired) electrons. The maximum atomic E-state index is 17.0. The van der Waals surface area contributed by atoms with E-state index in [1.54, 1.807) is 12.3 Å². The molecule has 3 aromatic carbocycles. The first kappa shape index (κ1) is 28.1. The first-order chi connectivity index (χ1) is 21.8. The van der Waals surface area contributed by atoms with Crippen LogP contribution in [0.1, 0.15) is 35.7 Å². The standard InChI is InChI=1S/C36H34F2N6O/c1-20-28-17-41-34-27(13-22(6-4-10-39)32(33(34)38)25-7-3-5-21-8-9-24(37)15-26(21)25)36(28)44(35-23-14-29(35)40-16-23)30(20)18-43-12-11-42(2)19-31(43)45/h3,5,7-9,13,15,17,23,29,35,40H,4,6,11-12,14,16,18-19H2,1-2H3/t23-,29-,35+/m1/s1.